The van der Waals surface area contributed by atoms with E-state index in [9.17, 15) is 19.5 Å². The van der Waals surface area contributed by atoms with Gasteiger partial charge in [0.1, 0.15) is 24.2 Å². The molecule has 8 nitrogen and oxygen atoms in total. The van der Waals surface area contributed by atoms with E-state index in [0.717, 1.165) is 12.8 Å². The van der Waals surface area contributed by atoms with Crippen molar-refractivity contribution >= 4 is 17.8 Å². The average molecular weight is 447 g/mol. The summed E-state index contributed by atoms with van der Waals surface area (Å²) >= 11 is 0. The molecule has 4 aliphatic rings. The number of carbonyl (C=O) groups excluding carboxylic acids is 3. The van der Waals surface area contributed by atoms with Crippen molar-refractivity contribution in [3.8, 4) is 0 Å². The Morgan fingerprint density at radius 1 is 1.16 bits per heavy atom. The van der Waals surface area contributed by atoms with Crippen LogP contribution in [0.1, 0.15) is 40.5 Å². The molecule has 32 heavy (non-hydrogen) atoms. The van der Waals surface area contributed by atoms with E-state index < -0.39 is 41.1 Å². The number of unbranched alkanes of at least 4 members (excludes halogenated alkanes) is 1. The number of hydrogen-bond donors (Lipinski definition) is 1. The number of likely N-dealkylation sites (tertiary alicyclic amines) is 1. The predicted octanol–water partition coefficient (Wildman–Crippen LogP) is 1.29. The Kier molecular flexibility index (Phi) is 5.96. The van der Waals surface area contributed by atoms with Gasteiger partial charge < -0.3 is 24.4 Å². The third kappa shape index (κ3) is 3.22. The van der Waals surface area contributed by atoms with Gasteiger partial charge in [0.25, 0.3) is 0 Å². The standard InChI is InChI=1S/C24H34N2O6/c1-5-6-11-25-12-7-10-24-17(18-22(30)31-13-8-9-23(18,4)32-24)20(28)26(19(24)21(25)29)16(14-27)15(2)3/h7-10,15-19,27H,5-6,11-14H2,1-4H3/t16-,17-,18-,19?,23+,24-/m0/s1. The van der Waals surface area contributed by atoms with Gasteiger partial charge in [0.2, 0.25) is 11.8 Å². The second kappa shape index (κ2) is 8.30. The van der Waals surface area contributed by atoms with Crippen molar-refractivity contribution < 1.29 is 29.0 Å². The number of aliphatic hydroxyl groups is 1. The molecule has 0 aliphatic carbocycles. The van der Waals surface area contributed by atoms with Crippen LogP contribution in [0.15, 0.2) is 24.3 Å². The maximum atomic E-state index is 14.0. The van der Waals surface area contributed by atoms with Crippen molar-refractivity contribution in [3.63, 3.8) is 0 Å². The van der Waals surface area contributed by atoms with E-state index in [1.54, 1.807) is 24.0 Å². The summed E-state index contributed by atoms with van der Waals surface area (Å²) in [4.78, 5) is 44.2. The number of fused-ring (bicyclic) bond motifs is 2. The zero-order valence-corrected chi connectivity index (χ0v) is 19.3. The maximum absolute atomic E-state index is 14.0. The van der Waals surface area contributed by atoms with E-state index in [-0.39, 0.29) is 30.9 Å². The van der Waals surface area contributed by atoms with Gasteiger partial charge in [0, 0.05) is 13.1 Å². The molecule has 2 fully saturated rings. The van der Waals surface area contributed by atoms with Crippen molar-refractivity contribution in [1.82, 2.24) is 9.80 Å². The smallest absolute Gasteiger partial charge is 0.313 e. The summed E-state index contributed by atoms with van der Waals surface area (Å²) in [7, 11) is 0. The minimum atomic E-state index is -1.29. The van der Waals surface area contributed by atoms with Crippen LogP contribution in [0.3, 0.4) is 0 Å². The van der Waals surface area contributed by atoms with E-state index >= 15 is 0 Å². The number of rotatable bonds is 6. The van der Waals surface area contributed by atoms with Gasteiger partial charge in [0.05, 0.1) is 24.2 Å². The molecule has 4 heterocycles. The van der Waals surface area contributed by atoms with Crippen LogP contribution < -0.4 is 0 Å². The molecule has 6 atom stereocenters. The van der Waals surface area contributed by atoms with Crippen molar-refractivity contribution in [1.29, 1.82) is 0 Å². The molecule has 1 unspecified atom stereocenters. The van der Waals surface area contributed by atoms with Gasteiger partial charge in [-0.3, -0.25) is 14.4 Å². The lowest BCUT2D eigenvalue weighted by Gasteiger charge is -2.41. The van der Waals surface area contributed by atoms with Crippen LogP contribution in [0, 0.1) is 17.8 Å². The number of hydrogen-bond acceptors (Lipinski definition) is 6. The number of amides is 2. The Labute approximate surface area is 189 Å². The summed E-state index contributed by atoms with van der Waals surface area (Å²) in [5.41, 5.74) is -2.36. The fraction of sp³-hybridized carbons (Fsp3) is 0.708. The van der Waals surface area contributed by atoms with Crippen LogP contribution in [-0.4, -0.2) is 82.3 Å². The van der Waals surface area contributed by atoms with Gasteiger partial charge >= 0.3 is 5.97 Å². The molecule has 2 saturated heterocycles. The van der Waals surface area contributed by atoms with Crippen LogP contribution in [0.25, 0.3) is 0 Å². The molecule has 4 aliphatic heterocycles. The Balaban J connectivity index is 1.88. The zero-order valence-electron chi connectivity index (χ0n) is 19.3. The second-order valence-electron chi connectivity index (χ2n) is 9.81. The third-order valence-electron chi connectivity index (χ3n) is 7.43. The van der Waals surface area contributed by atoms with Crippen LogP contribution >= 0.6 is 0 Å². The van der Waals surface area contributed by atoms with Crippen molar-refractivity contribution in [2.75, 3.05) is 26.3 Å². The molecule has 1 N–H and O–H groups in total. The molecular weight excluding hydrogens is 412 g/mol. The van der Waals surface area contributed by atoms with Crippen molar-refractivity contribution in [2.45, 2.75) is 63.8 Å². The molecule has 0 aromatic rings. The third-order valence-corrected chi connectivity index (χ3v) is 7.43. The van der Waals surface area contributed by atoms with E-state index in [0.29, 0.717) is 13.1 Å². The summed E-state index contributed by atoms with van der Waals surface area (Å²) in [5, 5.41) is 10.2. The van der Waals surface area contributed by atoms with Crippen LogP contribution in [0.2, 0.25) is 0 Å². The highest BCUT2D eigenvalue weighted by Crippen LogP contribution is 2.57. The Morgan fingerprint density at radius 3 is 2.56 bits per heavy atom. The summed E-state index contributed by atoms with van der Waals surface area (Å²) in [6.07, 6.45) is 9.00. The lowest BCUT2D eigenvalue weighted by atomic mass is 9.75. The summed E-state index contributed by atoms with van der Waals surface area (Å²) in [6, 6.07) is -1.51. The lowest BCUT2D eigenvalue weighted by molar-refractivity contribution is -0.160. The van der Waals surface area contributed by atoms with Gasteiger partial charge in [0.15, 0.2) is 0 Å². The molecule has 1 spiro atoms. The van der Waals surface area contributed by atoms with Gasteiger partial charge in [-0.25, -0.2) is 0 Å². The van der Waals surface area contributed by atoms with Gasteiger partial charge in [-0.15, -0.1) is 0 Å². The zero-order chi connectivity index (χ0) is 23.3. The molecule has 0 bridgehead atoms. The molecule has 8 heteroatoms. The van der Waals surface area contributed by atoms with Crippen molar-refractivity contribution in [3.05, 3.63) is 24.3 Å². The maximum Gasteiger partial charge on any atom is 0.313 e. The number of cyclic esters (lactones) is 1. The highest BCUT2D eigenvalue weighted by atomic mass is 16.6. The normalized spacial score (nSPS) is 37.2. The predicted molar refractivity (Wildman–Crippen MR) is 116 cm³/mol. The van der Waals surface area contributed by atoms with Gasteiger partial charge in [-0.2, -0.15) is 0 Å². The molecule has 2 amide bonds. The number of ether oxygens (including phenoxy) is 2. The topological polar surface area (TPSA) is 96.4 Å². The number of esters is 1. The molecule has 0 saturated carbocycles. The SMILES string of the molecule is CCCCN1CC=C[C@]23O[C@]4(C)C=CCOC(=O)[C@@H]4[C@H]2C(=O)N([C@@H](CO)C(C)C)C3C1=O. The summed E-state index contributed by atoms with van der Waals surface area (Å²) in [5.74, 6) is -2.88. The minimum absolute atomic E-state index is 0.0867. The molecule has 0 radical (unpaired) electrons. The van der Waals surface area contributed by atoms with E-state index in [1.165, 1.54) is 4.90 Å². The number of aliphatic hydroxyl groups excluding tert-OH is 1. The second-order valence-corrected chi connectivity index (χ2v) is 9.81. The fourth-order valence-electron chi connectivity index (χ4n) is 5.87. The minimum Gasteiger partial charge on any atom is -0.461 e. The first-order valence-electron chi connectivity index (χ1n) is 11.7. The monoisotopic (exact) mass is 446 g/mol. The molecule has 0 aromatic heterocycles. The van der Waals surface area contributed by atoms with Crippen molar-refractivity contribution in [2.24, 2.45) is 17.8 Å². The van der Waals surface area contributed by atoms with E-state index in [4.69, 9.17) is 9.47 Å². The van der Waals surface area contributed by atoms with Crippen LogP contribution in [0.4, 0.5) is 0 Å². The Bertz CT molecular complexity index is 853. The highest BCUT2D eigenvalue weighted by molar-refractivity contribution is 5.99. The van der Waals surface area contributed by atoms with Gasteiger partial charge in [-0.05, 0) is 25.3 Å². The highest BCUT2D eigenvalue weighted by Gasteiger charge is 2.75. The van der Waals surface area contributed by atoms with Gasteiger partial charge in [-0.1, -0.05) is 45.4 Å². The summed E-state index contributed by atoms with van der Waals surface area (Å²) in [6.45, 7) is 8.51. The molecule has 0 aromatic carbocycles. The molecular formula is C24H34N2O6. The Morgan fingerprint density at radius 2 is 1.91 bits per heavy atom. The fourth-order valence-corrected chi connectivity index (χ4v) is 5.87. The Hall–Kier alpha value is -2.19. The first-order chi connectivity index (χ1) is 15.2. The largest absolute Gasteiger partial charge is 0.461 e. The lowest BCUT2D eigenvalue weighted by Crippen LogP contribution is -2.59. The number of nitrogens with zero attached hydrogens (tertiary/aromatic N) is 2. The van der Waals surface area contributed by atoms with Crippen LogP contribution in [0.5, 0.6) is 0 Å². The first-order valence-corrected chi connectivity index (χ1v) is 11.7. The van der Waals surface area contributed by atoms with Crippen LogP contribution in [-0.2, 0) is 23.9 Å². The summed E-state index contributed by atoms with van der Waals surface area (Å²) < 4.78 is 12.0. The number of carbonyl (C=O) groups is 3. The molecule has 4 rings (SSSR count). The molecule has 176 valence electrons. The van der Waals surface area contributed by atoms with E-state index in [1.807, 2.05) is 26.0 Å². The van der Waals surface area contributed by atoms with E-state index in [2.05, 4.69) is 6.92 Å². The quantitative estimate of drug-likeness (QED) is 0.488. The average Bonchev–Trinajstić information content (AvgIpc) is 3.00. The first kappa shape index (κ1) is 23.0.